The predicted octanol–water partition coefficient (Wildman–Crippen LogP) is 3.26. The number of alkyl halides is 4. The topological polar surface area (TPSA) is 35.0 Å². The van der Waals surface area contributed by atoms with Crippen molar-refractivity contribution in [3.8, 4) is 0 Å². The molecule has 0 bridgehead atoms. The van der Waals surface area contributed by atoms with Crippen molar-refractivity contribution in [2.75, 3.05) is 7.11 Å². The Labute approximate surface area is 107 Å². The van der Waals surface area contributed by atoms with Gasteiger partial charge in [0.05, 0.1) is 5.88 Å². The van der Waals surface area contributed by atoms with E-state index in [0.717, 1.165) is 12.6 Å². The monoisotopic (exact) mass is 280 g/mol. The summed E-state index contributed by atoms with van der Waals surface area (Å²) in [4.78, 5) is 7.60. The Morgan fingerprint density at radius 3 is 2.50 bits per heavy atom. The van der Waals surface area contributed by atoms with Gasteiger partial charge in [0.25, 0.3) is 0 Å². The Kier molecular flexibility index (Phi) is 3.51. The second-order valence-electron chi connectivity index (χ2n) is 4.25. The molecule has 0 aromatic carbocycles. The molecule has 1 saturated carbocycles. The van der Waals surface area contributed by atoms with E-state index in [0.29, 0.717) is 12.8 Å². The summed E-state index contributed by atoms with van der Waals surface area (Å²) in [5.41, 5.74) is -1.84. The van der Waals surface area contributed by atoms with Crippen molar-refractivity contribution in [2.45, 2.75) is 36.9 Å². The number of rotatable bonds is 3. The van der Waals surface area contributed by atoms with Crippen molar-refractivity contribution in [3.05, 3.63) is 23.3 Å². The molecule has 18 heavy (non-hydrogen) atoms. The molecule has 0 unspecified atom stereocenters. The maximum Gasteiger partial charge on any atom is 0.433 e. The zero-order valence-corrected chi connectivity index (χ0v) is 10.5. The third kappa shape index (κ3) is 2.19. The van der Waals surface area contributed by atoms with Gasteiger partial charge in [-0.3, -0.25) is 0 Å². The molecule has 3 nitrogen and oxygen atoms in total. The summed E-state index contributed by atoms with van der Waals surface area (Å²) in [7, 11) is 1.46. The molecule has 0 saturated heterocycles. The van der Waals surface area contributed by atoms with Gasteiger partial charge < -0.3 is 4.74 Å². The third-order valence-electron chi connectivity index (χ3n) is 3.24. The SMILES string of the molecule is COC1(c2ncc(CCl)c(C(F)(F)F)n2)CCC1. The molecule has 0 atom stereocenters. The molecule has 0 spiro atoms. The van der Waals surface area contributed by atoms with E-state index in [9.17, 15) is 13.2 Å². The first kappa shape index (κ1) is 13.5. The summed E-state index contributed by atoms with van der Waals surface area (Å²) in [6, 6.07) is 0. The van der Waals surface area contributed by atoms with Crippen LogP contribution in [0.2, 0.25) is 0 Å². The zero-order chi connectivity index (χ0) is 13.4. The highest BCUT2D eigenvalue weighted by Gasteiger charge is 2.44. The summed E-state index contributed by atoms with van der Waals surface area (Å²) in [6.07, 6.45) is -1.21. The van der Waals surface area contributed by atoms with Gasteiger partial charge in [0.1, 0.15) is 5.60 Å². The predicted molar refractivity (Wildman–Crippen MR) is 59.1 cm³/mol. The lowest BCUT2D eigenvalue weighted by Gasteiger charge is -2.39. The quantitative estimate of drug-likeness (QED) is 0.797. The van der Waals surface area contributed by atoms with Gasteiger partial charge in [0.2, 0.25) is 0 Å². The van der Waals surface area contributed by atoms with E-state index in [-0.39, 0.29) is 17.3 Å². The van der Waals surface area contributed by atoms with Crippen LogP contribution in [-0.4, -0.2) is 17.1 Å². The Bertz CT molecular complexity index is 441. The van der Waals surface area contributed by atoms with Crippen molar-refractivity contribution < 1.29 is 17.9 Å². The van der Waals surface area contributed by atoms with Crippen molar-refractivity contribution in [3.63, 3.8) is 0 Å². The maximum atomic E-state index is 12.8. The first-order valence-electron chi connectivity index (χ1n) is 5.47. The minimum atomic E-state index is -4.53. The number of nitrogens with zero attached hydrogens (tertiary/aromatic N) is 2. The van der Waals surface area contributed by atoms with E-state index in [2.05, 4.69) is 9.97 Å². The fraction of sp³-hybridized carbons (Fsp3) is 0.636. The Balaban J connectivity index is 2.46. The van der Waals surface area contributed by atoms with E-state index < -0.39 is 17.5 Å². The van der Waals surface area contributed by atoms with Crippen LogP contribution in [0, 0.1) is 0 Å². The lowest BCUT2D eigenvalue weighted by atomic mass is 9.79. The molecular formula is C11H12ClF3N2O. The minimum Gasteiger partial charge on any atom is -0.370 e. The first-order chi connectivity index (χ1) is 8.43. The number of aromatic nitrogens is 2. The number of halogens is 4. The fourth-order valence-electron chi connectivity index (χ4n) is 1.99. The van der Waals surface area contributed by atoms with E-state index in [1.165, 1.54) is 7.11 Å². The molecule has 0 aliphatic heterocycles. The zero-order valence-electron chi connectivity index (χ0n) is 9.72. The standard InChI is InChI=1S/C11H12ClF3N2O/c1-18-10(3-2-4-10)9-16-6-7(5-12)8(17-9)11(13,14)15/h6H,2-5H2,1H3. The molecule has 7 heteroatoms. The van der Waals surface area contributed by atoms with E-state index in [1.807, 2.05) is 0 Å². The van der Waals surface area contributed by atoms with Crippen LogP contribution in [0.15, 0.2) is 6.20 Å². The lowest BCUT2D eigenvalue weighted by molar-refractivity contribution is -0.143. The molecule has 1 aliphatic rings. The van der Waals surface area contributed by atoms with Crippen LogP contribution in [0.1, 0.15) is 36.3 Å². The van der Waals surface area contributed by atoms with Gasteiger partial charge in [-0.05, 0) is 19.3 Å². The van der Waals surface area contributed by atoms with Gasteiger partial charge in [-0.15, -0.1) is 11.6 Å². The molecule has 1 aromatic heterocycles. The second kappa shape index (κ2) is 4.66. The normalized spacial score (nSPS) is 18.5. The van der Waals surface area contributed by atoms with Crippen molar-refractivity contribution in [1.82, 2.24) is 9.97 Å². The highest BCUT2D eigenvalue weighted by molar-refractivity contribution is 6.17. The van der Waals surface area contributed by atoms with E-state index >= 15 is 0 Å². The molecule has 0 amide bonds. The van der Waals surface area contributed by atoms with Crippen LogP contribution in [0.4, 0.5) is 13.2 Å². The van der Waals surface area contributed by atoms with Gasteiger partial charge >= 0.3 is 6.18 Å². The first-order valence-corrected chi connectivity index (χ1v) is 6.01. The average Bonchev–Trinajstić information content (AvgIpc) is 2.27. The average molecular weight is 281 g/mol. The third-order valence-corrected chi connectivity index (χ3v) is 3.52. The van der Waals surface area contributed by atoms with E-state index in [1.54, 1.807) is 0 Å². The minimum absolute atomic E-state index is 0.0949. The molecular weight excluding hydrogens is 269 g/mol. The van der Waals surface area contributed by atoms with E-state index in [4.69, 9.17) is 16.3 Å². The number of hydrogen-bond acceptors (Lipinski definition) is 3. The largest absolute Gasteiger partial charge is 0.433 e. The van der Waals surface area contributed by atoms with Crippen LogP contribution in [0.25, 0.3) is 0 Å². The van der Waals surface area contributed by atoms with Gasteiger partial charge in [-0.25, -0.2) is 9.97 Å². The summed E-state index contributed by atoms with van der Waals surface area (Å²) < 4.78 is 43.8. The summed E-state index contributed by atoms with van der Waals surface area (Å²) in [5.74, 6) is -0.174. The van der Waals surface area contributed by atoms with Crippen molar-refractivity contribution in [1.29, 1.82) is 0 Å². The van der Waals surface area contributed by atoms with Gasteiger partial charge in [-0.2, -0.15) is 13.2 Å². The second-order valence-corrected chi connectivity index (χ2v) is 4.52. The Morgan fingerprint density at radius 1 is 1.44 bits per heavy atom. The summed E-state index contributed by atoms with van der Waals surface area (Å²) in [5, 5.41) is 0. The van der Waals surface area contributed by atoms with Crippen molar-refractivity contribution >= 4 is 11.6 Å². The van der Waals surface area contributed by atoms with Crippen LogP contribution in [0.5, 0.6) is 0 Å². The van der Waals surface area contributed by atoms with Crippen molar-refractivity contribution in [2.24, 2.45) is 0 Å². The Hall–Kier alpha value is -0.880. The molecule has 100 valence electrons. The molecule has 1 aromatic rings. The molecule has 1 fully saturated rings. The van der Waals surface area contributed by atoms with Crippen LogP contribution >= 0.6 is 11.6 Å². The highest BCUT2D eigenvalue weighted by Crippen LogP contribution is 2.43. The molecule has 0 radical (unpaired) electrons. The van der Waals surface area contributed by atoms with Crippen LogP contribution in [0.3, 0.4) is 0 Å². The molecule has 2 rings (SSSR count). The summed E-state index contributed by atoms with van der Waals surface area (Å²) in [6.45, 7) is 0. The Morgan fingerprint density at radius 2 is 2.11 bits per heavy atom. The van der Waals surface area contributed by atoms with Gasteiger partial charge in [-0.1, -0.05) is 0 Å². The molecule has 1 aliphatic carbocycles. The fourth-order valence-corrected chi connectivity index (χ4v) is 2.18. The van der Waals surface area contributed by atoms with Gasteiger partial charge in [0.15, 0.2) is 11.5 Å². The number of methoxy groups -OCH3 is 1. The van der Waals surface area contributed by atoms with Gasteiger partial charge in [0, 0.05) is 18.9 Å². The number of hydrogen-bond donors (Lipinski definition) is 0. The maximum absolute atomic E-state index is 12.8. The smallest absolute Gasteiger partial charge is 0.370 e. The number of ether oxygens (including phenoxy) is 1. The van der Waals surface area contributed by atoms with Crippen LogP contribution < -0.4 is 0 Å². The highest BCUT2D eigenvalue weighted by atomic mass is 35.5. The molecule has 1 heterocycles. The molecule has 0 N–H and O–H groups in total. The summed E-state index contributed by atoms with van der Waals surface area (Å²) >= 11 is 5.48. The van der Waals surface area contributed by atoms with Crippen LogP contribution in [-0.2, 0) is 22.4 Å². The lowest BCUT2D eigenvalue weighted by Crippen LogP contribution is -2.38.